The summed E-state index contributed by atoms with van der Waals surface area (Å²) < 4.78 is 1.91. The highest BCUT2D eigenvalue weighted by Crippen LogP contribution is 2.15. The van der Waals surface area contributed by atoms with Crippen LogP contribution in [-0.4, -0.2) is 33.6 Å². The molecule has 0 spiro atoms. The van der Waals surface area contributed by atoms with Gasteiger partial charge in [-0.25, -0.2) is 4.79 Å². The Morgan fingerprint density at radius 3 is 2.70 bits per heavy atom. The van der Waals surface area contributed by atoms with Crippen LogP contribution in [0.25, 0.3) is 0 Å². The van der Waals surface area contributed by atoms with Crippen molar-refractivity contribution in [2.24, 2.45) is 5.92 Å². The molecule has 6 heteroatoms. The van der Waals surface area contributed by atoms with Crippen molar-refractivity contribution >= 4 is 11.7 Å². The van der Waals surface area contributed by atoms with E-state index in [9.17, 15) is 4.79 Å². The number of anilines is 1. The number of aliphatic hydroxyl groups is 1. The van der Waals surface area contributed by atoms with Gasteiger partial charge in [-0.3, -0.25) is 4.68 Å². The van der Waals surface area contributed by atoms with Crippen LogP contribution in [0.3, 0.4) is 0 Å². The standard InChI is InChI=1S/C14H26N4O2/c1-10(2)5-7-18-12(4)13(9-15-18)17-14(20)16-11(3)6-8-19/h9-11,19H,5-8H2,1-4H3,(H2,16,17,20)/t11-/m1/s1. The number of nitrogens with one attached hydrogen (secondary N) is 2. The molecule has 1 aromatic rings. The van der Waals surface area contributed by atoms with E-state index in [2.05, 4.69) is 29.6 Å². The Labute approximate surface area is 120 Å². The molecule has 2 amide bonds. The number of nitrogens with zero attached hydrogens (tertiary/aromatic N) is 2. The molecule has 0 saturated heterocycles. The van der Waals surface area contributed by atoms with E-state index < -0.39 is 0 Å². The molecule has 0 radical (unpaired) electrons. The lowest BCUT2D eigenvalue weighted by Gasteiger charge is -2.13. The average Bonchev–Trinajstić information content (AvgIpc) is 2.68. The first-order valence-electron chi connectivity index (χ1n) is 7.14. The Morgan fingerprint density at radius 1 is 1.40 bits per heavy atom. The number of aromatic nitrogens is 2. The molecule has 0 aliphatic rings. The molecule has 1 aromatic heterocycles. The molecule has 0 bridgehead atoms. The number of urea groups is 1. The van der Waals surface area contributed by atoms with Crippen molar-refractivity contribution in [3.05, 3.63) is 11.9 Å². The van der Waals surface area contributed by atoms with Crippen LogP contribution in [-0.2, 0) is 6.54 Å². The number of aliphatic hydroxyl groups excluding tert-OH is 1. The minimum absolute atomic E-state index is 0.0590. The lowest BCUT2D eigenvalue weighted by molar-refractivity contribution is 0.241. The number of hydrogen-bond acceptors (Lipinski definition) is 3. The van der Waals surface area contributed by atoms with Crippen molar-refractivity contribution < 1.29 is 9.90 Å². The molecule has 0 aliphatic heterocycles. The zero-order valence-electron chi connectivity index (χ0n) is 12.8. The summed E-state index contributed by atoms with van der Waals surface area (Å²) in [5.41, 5.74) is 1.68. The topological polar surface area (TPSA) is 79.2 Å². The Hall–Kier alpha value is -1.56. The maximum Gasteiger partial charge on any atom is 0.319 e. The number of rotatable bonds is 7. The first-order chi connectivity index (χ1) is 9.43. The summed E-state index contributed by atoms with van der Waals surface area (Å²) in [6.07, 6.45) is 3.27. The summed E-state index contributed by atoms with van der Waals surface area (Å²) in [5.74, 6) is 0.623. The molecule has 0 fully saturated rings. The maximum absolute atomic E-state index is 11.8. The molecule has 20 heavy (non-hydrogen) atoms. The number of hydrogen-bond donors (Lipinski definition) is 3. The zero-order chi connectivity index (χ0) is 15.1. The lowest BCUT2D eigenvalue weighted by atomic mass is 10.1. The van der Waals surface area contributed by atoms with E-state index in [-0.39, 0.29) is 18.7 Å². The largest absolute Gasteiger partial charge is 0.396 e. The monoisotopic (exact) mass is 282 g/mol. The summed E-state index contributed by atoms with van der Waals surface area (Å²) in [7, 11) is 0. The van der Waals surface area contributed by atoms with Gasteiger partial charge >= 0.3 is 6.03 Å². The fourth-order valence-electron chi connectivity index (χ4n) is 1.82. The van der Waals surface area contributed by atoms with E-state index in [1.807, 2.05) is 18.5 Å². The molecule has 3 N–H and O–H groups in total. The molecule has 6 nitrogen and oxygen atoms in total. The Bertz CT molecular complexity index is 429. The van der Waals surface area contributed by atoms with Gasteiger partial charge in [0, 0.05) is 19.2 Å². The van der Waals surface area contributed by atoms with Gasteiger partial charge in [-0.2, -0.15) is 5.10 Å². The number of amides is 2. The van der Waals surface area contributed by atoms with Crippen molar-refractivity contribution in [1.82, 2.24) is 15.1 Å². The minimum atomic E-state index is -0.266. The summed E-state index contributed by atoms with van der Waals surface area (Å²) >= 11 is 0. The third kappa shape index (κ3) is 5.21. The van der Waals surface area contributed by atoms with Crippen molar-refractivity contribution in [3.63, 3.8) is 0 Å². The van der Waals surface area contributed by atoms with Crippen molar-refractivity contribution in [2.75, 3.05) is 11.9 Å². The van der Waals surface area contributed by atoms with Crippen molar-refractivity contribution in [1.29, 1.82) is 0 Å². The van der Waals surface area contributed by atoms with Gasteiger partial charge in [0.2, 0.25) is 0 Å². The predicted molar refractivity (Wildman–Crippen MR) is 79.7 cm³/mol. The lowest BCUT2D eigenvalue weighted by Crippen LogP contribution is -2.36. The van der Waals surface area contributed by atoms with Crippen LogP contribution < -0.4 is 10.6 Å². The Kier molecular flexibility index (Phi) is 6.51. The first-order valence-corrected chi connectivity index (χ1v) is 7.14. The highest BCUT2D eigenvalue weighted by Gasteiger charge is 2.11. The van der Waals surface area contributed by atoms with E-state index in [1.54, 1.807) is 6.20 Å². The fourth-order valence-corrected chi connectivity index (χ4v) is 1.82. The summed E-state index contributed by atoms with van der Waals surface area (Å²) in [6, 6.07) is -0.325. The average molecular weight is 282 g/mol. The van der Waals surface area contributed by atoms with Gasteiger partial charge in [-0.15, -0.1) is 0 Å². The van der Waals surface area contributed by atoms with Crippen LogP contribution in [0.1, 0.15) is 39.3 Å². The maximum atomic E-state index is 11.8. The SMILES string of the molecule is Cc1c(NC(=O)N[C@H](C)CCO)cnn1CCC(C)C. The van der Waals surface area contributed by atoms with E-state index >= 15 is 0 Å². The summed E-state index contributed by atoms with van der Waals surface area (Å²) in [6.45, 7) is 9.07. The number of carbonyl (C=O) groups excluding carboxylic acids is 1. The van der Waals surface area contributed by atoms with Crippen molar-refractivity contribution in [3.8, 4) is 0 Å². The van der Waals surface area contributed by atoms with E-state index in [0.29, 0.717) is 12.3 Å². The third-order valence-electron chi connectivity index (χ3n) is 3.21. The van der Waals surface area contributed by atoms with Crippen LogP contribution in [0.4, 0.5) is 10.5 Å². The second-order valence-corrected chi connectivity index (χ2v) is 5.56. The van der Waals surface area contributed by atoms with Crippen molar-refractivity contribution in [2.45, 2.75) is 53.1 Å². The molecular formula is C14H26N4O2. The predicted octanol–water partition coefficient (Wildman–Crippen LogP) is 2.13. The molecule has 1 heterocycles. The van der Waals surface area contributed by atoms with Gasteiger partial charge in [-0.1, -0.05) is 13.8 Å². The normalized spacial score (nSPS) is 12.5. The summed E-state index contributed by atoms with van der Waals surface area (Å²) in [5, 5.41) is 18.7. The van der Waals surface area contributed by atoms with E-state index in [1.165, 1.54) is 0 Å². The van der Waals surface area contributed by atoms with Gasteiger partial charge in [0.15, 0.2) is 0 Å². The minimum Gasteiger partial charge on any atom is -0.396 e. The highest BCUT2D eigenvalue weighted by atomic mass is 16.3. The molecule has 0 aromatic carbocycles. The Balaban J connectivity index is 2.53. The first kappa shape index (κ1) is 16.5. The number of carbonyl (C=O) groups is 1. The van der Waals surface area contributed by atoms with Crippen LogP contribution in [0.2, 0.25) is 0 Å². The molecule has 0 aliphatic carbocycles. The van der Waals surface area contributed by atoms with Crippen LogP contribution >= 0.6 is 0 Å². The van der Waals surface area contributed by atoms with Gasteiger partial charge in [0.1, 0.15) is 0 Å². The quantitative estimate of drug-likeness (QED) is 0.717. The molecule has 114 valence electrons. The molecule has 0 unspecified atom stereocenters. The van der Waals surface area contributed by atoms with Gasteiger partial charge in [0.25, 0.3) is 0 Å². The van der Waals surface area contributed by atoms with Crippen LogP contribution in [0, 0.1) is 12.8 Å². The third-order valence-corrected chi connectivity index (χ3v) is 3.21. The highest BCUT2D eigenvalue weighted by molar-refractivity contribution is 5.89. The summed E-state index contributed by atoms with van der Waals surface area (Å²) in [4.78, 5) is 11.8. The Morgan fingerprint density at radius 2 is 2.10 bits per heavy atom. The van der Waals surface area contributed by atoms with Gasteiger partial charge in [0.05, 0.1) is 17.6 Å². The second-order valence-electron chi connectivity index (χ2n) is 5.56. The molecule has 0 saturated carbocycles. The molecule has 1 rings (SSSR count). The van der Waals surface area contributed by atoms with Crippen LogP contribution in [0.5, 0.6) is 0 Å². The van der Waals surface area contributed by atoms with Crippen LogP contribution in [0.15, 0.2) is 6.20 Å². The second kappa shape index (κ2) is 7.89. The van der Waals surface area contributed by atoms with E-state index in [0.717, 1.165) is 24.3 Å². The number of aryl methyl sites for hydroxylation is 1. The van der Waals surface area contributed by atoms with Gasteiger partial charge < -0.3 is 15.7 Å². The molecule has 1 atom stereocenters. The molecular weight excluding hydrogens is 256 g/mol. The zero-order valence-corrected chi connectivity index (χ0v) is 12.8. The smallest absolute Gasteiger partial charge is 0.319 e. The van der Waals surface area contributed by atoms with Gasteiger partial charge in [-0.05, 0) is 32.6 Å². The van der Waals surface area contributed by atoms with E-state index in [4.69, 9.17) is 5.11 Å². The fraction of sp³-hybridized carbons (Fsp3) is 0.714.